The quantitative estimate of drug-likeness (QED) is 0.432. The number of halogens is 3. The van der Waals surface area contributed by atoms with Crippen LogP contribution >= 0.6 is 34.8 Å². The summed E-state index contributed by atoms with van der Waals surface area (Å²) in [4.78, 5) is 12.9. The zero-order chi connectivity index (χ0) is 19.8. The second kappa shape index (κ2) is 7.47. The lowest BCUT2D eigenvalue weighted by Gasteiger charge is -2.12. The van der Waals surface area contributed by atoms with Crippen LogP contribution < -0.4 is 5.01 Å². The number of anilines is 1. The minimum atomic E-state index is -0.274. The summed E-state index contributed by atoms with van der Waals surface area (Å²) in [5.41, 5.74) is 2.21. The van der Waals surface area contributed by atoms with Crippen molar-refractivity contribution in [2.75, 3.05) is 5.01 Å². The van der Waals surface area contributed by atoms with Gasteiger partial charge in [0.05, 0.1) is 32.0 Å². The highest BCUT2D eigenvalue weighted by Crippen LogP contribution is 2.35. The molecule has 0 spiro atoms. The first-order chi connectivity index (χ1) is 13.5. The van der Waals surface area contributed by atoms with E-state index in [2.05, 4.69) is 5.10 Å². The maximum absolute atomic E-state index is 12.9. The average Bonchev–Trinajstić information content (AvgIpc) is 3.25. The highest BCUT2D eigenvalue weighted by atomic mass is 35.5. The summed E-state index contributed by atoms with van der Waals surface area (Å²) in [5, 5.41) is 6.94. The van der Waals surface area contributed by atoms with E-state index in [1.807, 2.05) is 6.07 Å². The Labute approximate surface area is 176 Å². The molecule has 0 unspecified atom stereocenters. The number of hydrogen-bond donors (Lipinski definition) is 0. The van der Waals surface area contributed by atoms with Crippen LogP contribution in [0, 0.1) is 0 Å². The molecule has 0 aliphatic carbocycles. The van der Waals surface area contributed by atoms with Gasteiger partial charge in [-0.1, -0.05) is 53.0 Å². The first kappa shape index (κ1) is 18.8. The molecule has 0 bridgehead atoms. The predicted octanol–water partition coefficient (Wildman–Crippen LogP) is 6.71. The van der Waals surface area contributed by atoms with Crippen LogP contribution in [0.1, 0.15) is 12.7 Å². The predicted molar refractivity (Wildman–Crippen MR) is 114 cm³/mol. The van der Waals surface area contributed by atoms with Crippen LogP contribution in [0.15, 0.2) is 69.7 Å². The normalized spacial score (nSPS) is 15.4. The Morgan fingerprint density at radius 1 is 0.964 bits per heavy atom. The van der Waals surface area contributed by atoms with Crippen LogP contribution in [0.25, 0.3) is 17.4 Å². The summed E-state index contributed by atoms with van der Waals surface area (Å²) in [6.07, 6.45) is 1.65. The van der Waals surface area contributed by atoms with Crippen LogP contribution in [-0.2, 0) is 4.79 Å². The second-order valence-corrected chi connectivity index (χ2v) is 7.31. The fraction of sp³-hybridized carbons (Fsp3) is 0.0476. The molecule has 1 aliphatic rings. The van der Waals surface area contributed by atoms with Crippen molar-refractivity contribution in [2.24, 2.45) is 5.10 Å². The highest BCUT2D eigenvalue weighted by molar-refractivity contribution is 6.43. The molecule has 28 heavy (non-hydrogen) atoms. The summed E-state index contributed by atoms with van der Waals surface area (Å²) in [5.74, 6) is 0.789. The number of carbonyl (C=O) groups is 1. The second-order valence-electron chi connectivity index (χ2n) is 6.12. The number of hydrazone groups is 1. The van der Waals surface area contributed by atoms with Gasteiger partial charge in [0.2, 0.25) is 0 Å². The summed E-state index contributed by atoms with van der Waals surface area (Å²) < 4.78 is 5.86. The third kappa shape index (κ3) is 3.35. The van der Waals surface area contributed by atoms with Crippen LogP contribution in [0.2, 0.25) is 15.1 Å². The molecule has 4 nitrogen and oxygen atoms in total. The van der Waals surface area contributed by atoms with Crippen molar-refractivity contribution in [2.45, 2.75) is 6.92 Å². The largest absolute Gasteiger partial charge is 0.457 e. The van der Waals surface area contributed by atoms with Crippen molar-refractivity contribution >= 4 is 58.2 Å². The molecule has 0 saturated carbocycles. The van der Waals surface area contributed by atoms with Crippen molar-refractivity contribution in [3.05, 3.63) is 81.0 Å². The standard InChI is InChI=1S/C21H13Cl3N2O2/c1-12-15(21(27)26(25-12)18-8-3-2-6-16(18)22)11-13-9-10-19(28-13)14-5-4-7-17(23)20(14)24/h2-11H,1H3/b15-11-. The number of para-hydroxylation sites is 1. The third-order valence-corrected chi connectivity index (χ3v) is 5.41. The molecule has 4 rings (SSSR count). The number of furan rings is 1. The number of amides is 1. The first-order valence-electron chi connectivity index (χ1n) is 8.36. The molecule has 140 valence electrons. The van der Waals surface area contributed by atoms with Crippen LogP contribution in [-0.4, -0.2) is 11.6 Å². The van der Waals surface area contributed by atoms with E-state index in [0.29, 0.717) is 49.1 Å². The molecule has 3 aromatic rings. The molecule has 0 radical (unpaired) electrons. The fourth-order valence-electron chi connectivity index (χ4n) is 2.88. The molecule has 0 saturated heterocycles. The topological polar surface area (TPSA) is 45.8 Å². The van der Waals surface area contributed by atoms with Gasteiger partial charge >= 0.3 is 0 Å². The molecule has 1 amide bonds. The van der Waals surface area contributed by atoms with E-state index in [4.69, 9.17) is 39.2 Å². The highest BCUT2D eigenvalue weighted by Gasteiger charge is 2.30. The summed E-state index contributed by atoms with van der Waals surface area (Å²) in [6, 6.07) is 15.9. The zero-order valence-electron chi connectivity index (χ0n) is 14.6. The smallest absolute Gasteiger partial charge is 0.280 e. The molecule has 2 aromatic carbocycles. The van der Waals surface area contributed by atoms with Gasteiger partial charge in [0, 0.05) is 5.56 Å². The minimum Gasteiger partial charge on any atom is -0.457 e. The molecule has 0 fully saturated rings. The van der Waals surface area contributed by atoms with E-state index in [1.54, 1.807) is 61.5 Å². The Hall–Kier alpha value is -2.53. The number of carbonyl (C=O) groups excluding carboxylic acids is 1. The van der Waals surface area contributed by atoms with Crippen LogP contribution in [0.4, 0.5) is 5.69 Å². The maximum Gasteiger partial charge on any atom is 0.280 e. The lowest BCUT2D eigenvalue weighted by atomic mass is 10.1. The van der Waals surface area contributed by atoms with E-state index in [-0.39, 0.29) is 5.91 Å². The van der Waals surface area contributed by atoms with Crippen LogP contribution in [0.3, 0.4) is 0 Å². The molecule has 1 aromatic heterocycles. The molecule has 7 heteroatoms. The Bertz CT molecular complexity index is 1150. The SMILES string of the molecule is CC1=NN(c2ccccc2Cl)C(=O)/C1=C\c1ccc(-c2cccc(Cl)c2Cl)o1. The molecular formula is C21H13Cl3N2O2. The van der Waals surface area contributed by atoms with Crippen molar-refractivity contribution in [1.82, 2.24) is 0 Å². The number of nitrogens with zero attached hydrogens (tertiary/aromatic N) is 2. The van der Waals surface area contributed by atoms with Gasteiger partial charge in [-0.15, -0.1) is 0 Å². The lowest BCUT2D eigenvalue weighted by Crippen LogP contribution is -2.21. The Balaban J connectivity index is 1.66. The van der Waals surface area contributed by atoms with Gasteiger partial charge < -0.3 is 4.42 Å². The number of benzene rings is 2. The molecule has 0 N–H and O–H groups in total. The number of hydrogen-bond acceptors (Lipinski definition) is 3. The minimum absolute atomic E-state index is 0.274. The average molecular weight is 432 g/mol. The van der Waals surface area contributed by atoms with Crippen molar-refractivity contribution in [3.63, 3.8) is 0 Å². The lowest BCUT2D eigenvalue weighted by molar-refractivity contribution is -0.114. The van der Waals surface area contributed by atoms with E-state index < -0.39 is 0 Å². The monoisotopic (exact) mass is 430 g/mol. The Kier molecular flexibility index (Phi) is 5.02. The summed E-state index contributed by atoms with van der Waals surface area (Å²) in [6.45, 7) is 1.76. The van der Waals surface area contributed by atoms with Gasteiger partial charge in [-0.3, -0.25) is 4.79 Å². The molecule has 2 heterocycles. The van der Waals surface area contributed by atoms with Crippen molar-refractivity contribution in [1.29, 1.82) is 0 Å². The van der Waals surface area contributed by atoms with Gasteiger partial charge in [-0.25, -0.2) is 0 Å². The fourth-order valence-corrected chi connectivity index (χ4v) is 3.49. The first-order valence-corrected chi connectivity index (χ1v) is 9.49. The van der Waals surface area contributed by atoms with E-state index >= 15 is 0 Å². The third-order valence-electron chi connectivity index (χ3n) is 4.27. The van der Waals surface area contributed by atoms with E-state index in [9.17, 15) is 4.79 Å². The van der Waals surface area contributed by atoms with Gasteiger partial charge in [0.15, 0.2) is 0 Å². The van der Waals surface area contributed by atoms with Crippen molar-refractivity contribution in [3.8, 4) is 11.3 Å². The zero-order valence-corrected chi connectivity index (χ0v) is 16.9. The van der Waals surface area contributed by atoms with E-state index in [0.717, 1.165) is 0 Å². The molecule has 0 atom stereocenters. The van der Waals surface area contributed by atoms with E-state index in [1.165, 1.54) is 5.01 Å². The summed E-state index contributed by atoms with van der Waals surface area (Å²) >= 11 is 18.5. The Morgan fingerprint density at radius 3 is 2.50 bits per heavy atom. The molecular weight excluding hydrogens is 419 g/mol. The van der Waals surface area contributed by atoms with Crippen LogP contribution in [0.5, 0.6) is 0 Å². The summed E-state index contributed by atoms with van der Waals surface area (Å²) in [7, 11) is 0. The number of rotatable bonds is 3. The maximum atomic E-state index is 12.9. The Morgan fingerprint density at radius 2 is 1.71 bits per heavy atom. The van der Waals surface area contributed by atoms with Gasteiger partial charge in [-0.2, -0.15) is 10.1 Å². The van der Waals surface area contributed by atoms with Gasteiger partial charge in [0.1, 0.15) is 11.5 Å². The van der Waals surface area contributed by atoms with Gasteiger partial charge in [0.25, 0.3) is 5.91 Å². The molecule has 1 aliphatic heterocycles. The van der Waals surface area contributed by atoms with Gasteiger partial charge in [-0.05, 0) is 49.4 Å². The van der Waals surface area contributed by atoms with Crippen molar-refractivity contribution < 1.29 is 9.21 Å².